The standard InChI is InChI=1S/C14H15BrClNS.C2H6/c1-8(2)6-12-13(17-14(15)18-12)10-5-4-9(3)11(16)7-10;1-2/h4-5,7-8H,6H2,1-3H3;1-2H3. The highest BCUT2D eigenvalue weighted by Crippen LogP contribution is 2.34. The lowest BCUT2D eigenvalue weighted by Gasteiger charge is -2.06. The van der Waals surface area contributed by atoms with E-state index in [2.05, 4.69) is 40.8 Å². The number of hydrogen-bond donors (Lipinski definition) is 0. The number of halogens is 2. The van der Waals surface area contributed by atoms with Crippen molar-refractivity contribution in [1.29, 1.82) is 0 Å². The monoisotopic (exact) mass is 373 g/mol. The number of rotatable bonds is 3. The summed E-state index contributed by atoms with van der Waals surface area (Å²) in [5.74, 6) is 0.622. The predicted molar refractivity (Wildman–Crippen MR) is 94.9 cm³/mol. The zero-order valence-corrected chi connectivity index (χ0v) is 15.8. The van der Waals surface area contributed by atoms with Crippen molar-refractivity contribution in [3.05, 3.63) is 37.6 Å². The van der Waals surface area contributed by atoms with Crippen LogP contribution in [0, 0.1) is 12.8 Å². The molecule has 0 spiro atoms. The molecule has 0 saturated carbocycles. The first kappa shape index (κ1) is 17.7. The van der Waals surface area contributed by atoms with Gasteiger partial charge in [-0.3, -0.25) is 0 Å². The molecule has 0 radical (unpaired) electrons. The molecular weight excluding hydrogens is 354 g/mol. The second kappa shape index (κ2) is 8.16. The van der Waals surface area contributed by atoms with Gasteiger partial charge >= 0.3 is 0 Å². The molecule has 1 aromatic carbocycles. The average molecular weight is 375 g/mol. The molecule has 0 aliphatic carbocycles. The molecule has 0 unspecified atom stereocenters. The maximum atomic E-state index is 6.19. The minimum Gasteiger partial charge on any atom is -0.229 e. The molecule has 0 amide bonds. The van der Waals surface area contributed by atoms with Crippen LogP contribution in [0.15, 0.2) is 22.1 Å². The van der Waals surface area contributed by atoms with E-state index in [9.17, 15) is 0 Å². The number of aryl methyl sites for hydroxylation is 1. The Morgan fingerprint density at radius 3 is 2.50 bits per heavy atom. The molecule has 1 heterocycles. The van der Waals surface area contributed by atoms with Gasteiger partial charge in [0.2, 0.25) is 0 Å². The summed E-state index contributed by atoms with van der Waals surface area (Å²) in [6.07, 6.45) is 1.05. The maximum absolute atomic E-state index is 6.19. The van der Waals surface area contributed by atoms with Gasteiger partial charge in [-0.1, -0.05) is 51.4 Å². The molecule has 1 aromatic heterocycles. The third-order valence-corrected chi connectivity index (χ3v) is 4.65. The summed E-state index contributed by atoms with van der Waals surface area (Å²) in [6, 6.07) is 6.14. The minimum atomic E-state index is 0.622. The quantitative estimate of drug-likeness (QED) is 0.578. The van der Waals surface area contributed by atoms with Gasteiger partial charge in [-0.25, -0.2) is 4.98 Å². The van der Waals surface area contributed by atoms with Crippen molar-refractivity contribution >= 4 is 38.9 Å². The smallest absolute Gasteiger partial charge is 0.160 e. The summed E-state index contributed by atoms with van der Waals surface area (Å²) in [7, 11) is 0. The second-order valence-electron chi connectivity index (χ2n) is 4.80. The molecule has 2 rings (SSSR count). The van der Waals surface area contributed by atoms with Crippen LogP contribution in [0.25, 0.3) is 11.3 Å². The lowest BCUT2D eigenvalue weighted by Crippen LogP contribution is -1.94. The van der Waals surface area contributed by atoms with E-state index in [-0.39, 0.29) is 0 Å². The van der Waals surface area contributed by atoms with Crippen LogP contribution in [0.5, 0.6) is 0 Å². The van der Waals surface area contributed by atoms with Crippen LogP contribution in [0.2, 0.25) is 5.02 Å². The molecular formula is C16H21BrClNS. The summed E-state index contributed by atoms with van der Waals surface area (Å²) < 4.78 is 0.935. The van der Waals surface area contributed by atoms with E-state index < -0.39 is 0 Å². The van der Waals surface area contributed by atoms with Crippen molar-refractivity contribution in [2.45, 2.75) is 41.0 Å². The Kier molecular flexibility index (Phi) is 7.21. The van der Waals surface area contributed by atoms with Gasteiger partial charge in [0.15, 0.2) is 3.92 Å². The lowest BCUT2D eigenvalue weighted by atomic mass is 10.0. The fourth-order valence-corrected chi connectivity index (χ4v) is 3.76. The van der Waals surface area contributed by atoms with Crippen molar-refractivity contribution in [3.8, 4) is 11.3 Å². The summed E-state index contributed by atoms with van der Waals surface area (Å²) in [6.45, 7) is 10.5. The number of nitrogens with zero attached hydrogens (tertiary/aromatic N) is 1. The normalized spacial score (nSPS) is 10.4. The molecule has 0 aliphatic heterocycles. The molecule has 0 saturated heterocycles. The number of hydrogen-bond acceptors (Lipinski definition) is 2. The Labute approximate surface area is 139 Å². The zero-order chi connectivity index (χ0) is 15.3. The SMILES string of the molecule is CC.Cc1ccc(-c2nc(Br)sc2CC(C)C)cc1Cl. The second-order valence-corrected chi connectivity index (χ2v) is 7.57. The van der Waals surface area contributed by atoms with Gasteiger partial charge in [0.25, 0.3) is 0 Å². The molecule has 0 N–H and O–H groups in total. The fraction of sp³-hybridized carbons (Fsp3) is 0.438. The van der Waals surface area contributed by atoms with E-state index in [1.54, 1.807) is 11.3 Å². The van der Waals surface area contributed by atoms with E-state index in [4.69, 9.17) is 11.6 Å². The van der Waals surface area contributed by atoms with Gasteiger partial charge in [-0.05, 0) is 46.8 Å². The summed E-state index contributed by atoms with van der Waals surface area (Å²) in [5, 5.41) is 0.798. The molecule has 1 nitrogen and oxygen atoms in total. The van der Waals surface area contributed by atoms with Crippen molar-refractivity contribution in [2.24, 2.45) is 5.92 Å². The van der Waals surface area contributed by atoms with Crippen LogP contribution >= 0.6 is 38.9 Å². The molecule has 0 bridgehead atoms. The van der Waals surface area contributed by atoms with E-state index in [0.717, 1.165) is 32.2 Å². The first-order valence-electron chi connectivity index (χ1n) is 6.89. The van der Waals surface area contributed by atoms with Crippen LogP contribution in [0.4, 0.5) is 0 Å². The van der Waals surface area contributed by atoms with Crippen molar-refractivity contribution in [3.63, 3.8) is 0 Å². The first-order valence-corrected chi connectivity index (χ1v) is 8.88. The molecule has 0 atom stereocenters. The molecule has 110 valence electrons. The average Bonchev–Trinajstić information content (AvgIpc) is 2.75. The third-order valence-electron chi connectivity index (χ3n) is 2.71. The van der Waals surface area contributed by atoms with Crippen molar-refractivity contribution in [1.82, 2.24) is 4.98 Å². The van der Waals surface area contributed by atoms with E-state index in [1.165, 1.54) is 4.88 Å². The summed E-state index contributed by atoms with van der Waals surface area (Å²) in [5.41, 5.74) is 3.26. The summed E-state index contributed by atoms with van der Waals surface area (Å²) >= 11 is 11.4. The van der Waals surface area contributed by atoms with Crippen molar-refractivity contribution in [2.75, 3.05) is 0 Å². The Morgan fingerprint density at radius 1 is 1.30 bits per heavy atom. The lowest BCUT2D eigenvalue weighted by molar-refractivity contribution is 0.654. The van der Waals surface area contributed by atoms with E-state index >= 15 is 0 Å². The highest BCUT2D eigenvalue weighted by molar-refractivity contribution is 9.11. The fourth-order valence-electron chi connectivity index (χ4n) is 1.80. The molecule has 0 aliphatic rings. The van der Waals surface area contributed by atoms with Crippen LogP contribution in [0.1, 0.15) is 38.1 Å². The molecule has 0 fully saturated rings. The Bertz CT molecular complexity index is 564. The van der Waals surface area contributed by atoms with Crippen molar-refractivity contribution < 1.29 is 0 Å². The molecule has 20 heavy (non-hydrogen) atoms. The van der Waals surface area contributed by atoms with Gasteiger partial charge in [-0.15, -0.1) is 11.3 Å². The predicted octanol–water partition coefficient (Wildman–Crippen LogP) is 6.76. The highest BCUT2D eigenvalue weighted by atomic mass is 79.9. The van der Waals surface area contributed by atoms with Crippen LogP contribution < -0.4 is 0 Å². The van der Waals surface area contributed by atoms with Gasteiger partial charge < -0.3 is 0 Å². The number of aromatic nitrogens is 1. The van der Waals surface area contributed by atoms with Gasteiger partial charge in [0, 0.05) is 15.5 Å². The first-order chi connectivity index (χ1) is 9.47. The molecule has 4 heteroatoms. The van der Waals surface area contributed by atoms with Crippen LogP contribution in [0.3, 0.4) is 0 Å². The van der Waals surface area contributed by atoms with E-state index in [0.29, 0.717) is 5.92 Å². The summed E-state index contributed by atoms with van der Waals surface area (Å²) in [4.78, 5) is 5.90. The Balaban J connectivity index is 0.000000956. The highest BCUT2D eigenvalue weighted by Gasteiger charge is 2.13. The Morgan fingerprint density at radius 2 is 1.95 bits per heavy atom. The number of benzene rings is 1. The zero-order valence-electron chi connectivity index (χ0n) is 12.6. The maximum Gasteiger partial charge on any atom is 0.160 e. The third kappa shape index (κ3) is 4.57. The van der Waals surface area contributed by atoms with Gasteiger partial charge in [0.1, 0.15) is 0 Å². The topological polar surface area (TPSA) is 12.9 Å². The van der Waals surface area contributed by atoms with Crippen LogP contribution in [-0.4, -0.2) is 4.98 Å². The number of thiazole rings is 1. The van der Waals surface area contributed by atoms with Gasteiger partial charge in [0.05, 0.1) is 5.69 Å². The Hall–Kier alpha value is -0.380. The van der Waals surface area contributed by atoms with E-state index in [1.807, 2.05) is 32.9 Å². The van der Waals surface area contributed by atoms with Crippen LogP contribution in [-0.2, 0) is 6.42 Å². The minimum absolute atomic E-state index is 0.622. The molecule has 2 aromatic rings. The largest absolute Gasteiger partial charge is 0.229 e. The van der Waals surface area contributed by atoms with Gasteiger partial charge in [-0.2, -0.15) is 0 Å².